The molecule has 0 radical (unpaired) electrons. The van der Waals surface area contributed by atoms with Gasteiger partial charge in [-0.3, -0.25) is 0 Å². The predicted molar refractivity (Wildman–Crippen MR) is 82.3 cm³/mol. The molecule has 0 aliphatic heterocycles. The van der Waals surface area contributed by atoms with Gasteiger partial charge in [0.2, 0.25) is 5.89 Å². The fourth-order valence-corrected chi connectivity index (χ4v) is 2.03. The van der Waals surface area contributed by atoms with Crippen molar-refractivity contribution in [2.24, 2.45) is 0 Å². The summed E-state index contributed by atoms with van der Waals surface area (Å²) in [5.41, 5.74) is 0.755. The van der Waals surface area contributed by atoms with Crippen molar-refractivity contribution in [3.63, 3.8) is 0 Å². The molecule has 6 nitrogen and oxygen atoms in total. The van der Waals surface area contributed by atoms with E-state index in [0.717, 1.165) is 18.7 Å². The summed E-state index contributed by atoms with van der Waals surface area (Å²) in [5.74, 6) is 1.16. The maximum absolute atomic E-state index is 6.07. The maximum atomic E-state index is 6.07. The first-order chi connectivity index (χ1) is 10.1. The van der Waals surface area contributed by atoms with Gasteiger partial charge in [0.15, 0.2) is 0 Å². The highest BCUT2D eigenvalue weighted by Crippen LogP contribution is 2.28. The van der Waals surface area contributed by atoms with Gasteiger partial charge in [0.1, 0.15) is 5.75 Å². The summed E-state index contributed by atoms with van der Waals surface area (Å²) in [4.78, 5) is 0. The average Bonchev–Trinajstić information content (AvgIpc) is 2.93. The number of nitrogens with zero attached hydrogens (tertiary/aromatic N) is 2. The lowest BCUT2D eigenvalue weighted by Crippen LogP contribution is -2.19. The van der Waals surface area contributed by atoms with Crippen LogP contribution in [0, 0.1) is 0 Å². The van der Waals surface area contributed by atoms with E-state index in [2.05, 4.69) is 27.8 Å². The molecule has 1 aromatic heterocycles. The number of benzene rings is 1. The monoisotopic (exact) mass is 310 g/mol. The van der Waals surface area contributed by atoms with Crippen molar-refractivity contribution in [3.05, 3.63) is 29.1 Å². The molecule has 0 spiro atoms. The van der Waals surface area contributed by atoms with Gasteiger partial charge >= 0.3 is 6.01 Å². The highest BCUT2D eigenvalue weighted by molar-refractivity contribution is 6.32. The van der Waals surface area contributed by atoms with E-state index in [4.69, 9.17) is 20.8 Å². The Hall–Kier alpha value is -1.79. The Kier molecular flexibility index (Phi) is 5.41. The lowest BCUT2D eigenvalue weighted by molar-refractivity contribution is 0.415. The van der Waals surface area contributed by atoms with Crippen LogP contribution in [-0.4, -0.2) is 23.9 Å². The topological polar surface area (TPSA) is 72.2 Å². The third-order valence-corrected chi connectivity index (χ3v) is 3.21. The third kappa shape index (κ3) is 4.09. The number of anilines is 2. The van der Waals surface area contributed by atoms with Crippen LogP contribution in [0.2, 0.25) is 5.02 Å². The Morgan fingerprint density at radius 2 is 2.19 bits per heavy atom. The van der Waals surface area contributed by atoms with Crippen molar-refractivity contribution < 1.29 is 9.15 Å². The third-order valence-electron chi connectivity index (χ3n) is 2.91. The Morgan fingerprint density at radius 1 is 1.38 bits per heavy atom. The Bertz CT molecular complexity index is 588. The molecule has 0 saturated carbocycles. The molecule has 7 heteroatoms. The number of hydrogen-bond acceptors (Lipinski definition) is 6. The zero-order chi connectivity index (χ0) is 15.2. The molecule has 0 saturated heterocycles. The molecule has 2 rings (SSSR count). The van der Waals surface area contributed by atoms with E-state index in [1.165, 1.54) is 0 Å². The van der Waals surface area contributed by atoms with Crippen molar-refractivity contribution in [1.29, 1.82) is 0 Å². The van der Waals surface area contributed by atoms with Crippen LogP contribution in [-0.2, 0) is 0 Å². The normalized spacial score (nSPS) is 12.2. The minimum Gasteiger partial charge on any atom is -0.495 e. The van der Waals surface area contributed by atoms with Gasteiger partial charge < -0.3 is 19.8 Å². The number of rotatable bonds is 7. The second-order valence-corrected chi connectivity index (χ2v) is 5.00. The molecule has 1 unspecified atom stereocenters. The van der Waals surface area contributed by atoms with Gasteiger partial charge in [0.25, 0.3) is 0 Å². The molecule has 1 atom stereocenters. The molecule has 0 aliphatic carbocycles. The lowest BCUT2D eigenvalue weighted by atomic mass is 10.3. The molecule has 0 bridgehead atoms. The maximum Gasteiger partial charge on any atom is 0.320 e. The van der Waals surface area contributed by atoms with Crippen LogP contribution in [0.3, 0.4) is 0 Å². The van der Waals surface area contributed by atoms with E-state index < -0.39 is 0 Å². The van der Waals surface area contributed by atoms with E-state index in [-0.39, 0.29) is 6.04 Å². The first-order valence-electron chi connectivity index (χ1n) is 6.81. The van der Waals surface area contributed by atoms with Crippen molar-refractivity contribution in [2.75, 3.05) is 19.0 Å². The van der Waals surface area contributed by atoms with Gasteiger partial charge in [0.05, 0.1) is 18.2 Å². The Morgan fingerprint density at radius 3 is 2.86 bits per heavy atom. The number of aromatic nitrogens is 2. The van der Waals surface area contributed by atoms with Crippen LogP contribution >= 0.6 is 11.6 Å². The molecule has 1 aromatic carbocycles. The van der Waals surface area contributed by atoms with Crippen molar-refractivity contribution >= 4 is 23.3 Å². The fourth-order valence-electron chi connectivity index (χ4n) is 1.78. The summed E-state index contributed by atoms with van der Waals surface area (Å²) in [5, 5.41) is 14.8. The molecule has 0 fully saturated rings. The summed E-state index contributed by atoms with van der Waals surface area (Å²) in [6.07, 6.45) is 1.05. The highest BCUT2D eigenvalue weighted by Gasteiger charge is 2.13. The van der Waals surface area contributed by atoms with Gasteiger partial charge in [0, 0.05) is 5.69 Å². The second kappa shape index (κ2) is 7.28. The largest absolute Gasteiger partial charge is 0.495 e. The van der Waals surface area contributed by atoms with Crippen molar-refractivity contribution in [1.82, 2.24) is 15.5 Å². The number of methoxy groups -OCH3 is 1. The molecule has 0 amide bonds. The number of ether oxygens (including phenoxy) is 1. The van der Waals surface area contributed by atoms with E-state index in [0.29, 0.717) is 22.7 Å². The van der Waals surface area contributed by atoms with Gasteiger partial charge in [-0.25, -0.2) is 0 Å². The first kappa shape index (κ1) is 15.6. The fraction of sp³-hybridized carbons (Fsp3) is 0.429. The van der Waals surface area contributed by atoms with Crippen LogP contribution < -0.4 is 15.4 Å². The molecule has 2 aromatic rings. The SMILES string of the molecule is CCCNC(C)c1nnc(Nc2ccc(OC)c(Cl)c2)o1. The van der Waals surface area contributed by atoms with Crippen LogP contribution in [0.4, 0.5) is 11.7 Å². The van der Waals surface area contributed by atoms with E-state index >= 15 is 0 Å². The summed E-state index contributed by atoms with van der Waals surface area (Å²) >= 11 is 6.07. The molecule has 0 aliphatic rings. The number of hydrogen-bond donors (Lipinski definition) is 2. The molecule has 2 N–H and O–H groups in total. The highest BCUT2D eigenvalue weighted by atomic mass is 35.5. The van der Waals surface area contributed by atoms with E-state index in [1.54, 1.807) is 19.2 Å². The van der Waals surface area contributed by atoms with Crippen LogP contribution in [0.1, 0.15) is 32.2 Å². The van der Waals surface area contributed by atoms with E-state index in [9.17, 15) is 0 Å². The summed E-state index contributed by atoms with van der Waals surface area (Å²) < 4.78 is 10.7. The van der Waals surface area contributed by atoms with Crippen molar-refractivity contribution in [2.45, 2.75) is 26.3 Å². The van der Waals surface area contributed by atoms with Crippen LogP contribution in [0.15, 0.2) is 22.6 Å². The zero-order valence-corrected chi connectivity index (χ0v) is 13.1. The van der Waals surface area contributed by atoms with Crippen LogP contribution in [0.25, 0.3) is 0 Å². The number of nitrogens with one attached hydrogen (secondary N) is 2. The molecule has 1 heterocycles. The quantitative estimate of drug-likeness (QED) is 0.815. The van der Waals surface area contributed by atoms with Crippen molar-refractivity contribution in [3.8, 4) is 5.75 Å². The van der Waals surface area contributed by atoms with Crippen LogP contribution in [0.5, 0.6) is 5.75 Å². The Balaban J connectivity index is 2.03. The lowest BCUT2D eigenvalue weighted by Gasteiger charge is -2.08. The van der Waals surface area contributed by atoms with Gasteiger partial charge in [-0.2, -0.15) is 0 Å². The molecular formula is C14H19ClN4O2. The number of halogens is 1. The predicted octanol–water partition coefficient (Wildman–Crippen LogP) is 3.54. The summed E-state index contributed by atoms with van der Waals surface area (Å²) in [7, 11) is 1.57. The smallest absolute Gasteiger partial charge is 0.320 e. The standard InChI is InChI=1S/C14H19ClN4O2/c1-4-7-16-9(2)13-18-19-14(21-13)17-10-5-6-12(20-3)11(15)8-10/h5-6,8-9,16H,4,7H2,1-3H3,(H,17,19). The zero-order valence-electron chi connectivity index (χ0n) is 12.3. The molecule has 21 heavy (non-hydrogen) atoms. The van der Waals surface area contributed by atoms with Gasteiger partial charge in [-0.1, -0.05) is 23.6 Å². The van der Waals surface area contributed by atoms with Gasteiger partial charge in [-0.05, 0) is 38.1 Å². The second-order valence-electron chi connectivity index (χ2n) is 4.60. The summed E-state index contributed by atoms with van der Waals surface area (Å²) in [6.45, 7) is 4.99. The van der Waals surface area contributed by atoms with E-state index in [1.807, 2.05) is 13.0 Å². The molecule has 114 valence electrons. The molecular weight excluding hydrogens is 292 g/mol. The minimum absolute atomic E-state index is 0.0208. The van der Waals surface area contributed by atoms with Gasteiger partial charge in [-0.15, -0.1) is 5.10 Å². The Labute approximate surface area is 128 Å². The minimum atomic E-state index is 0.0208. The summed E-state index contributed by atoms with van der Waals surface area (Å²) in [6, 6.07) is 5.69. The first-order valence-corrected chi connectivity index (χ1v) is 7.19. The average molecular weight is 311 g/mol.